The van der Waals surface area contributed by atoms with Gasteiger partial charge in [0.05, 0.1) is 6.61 Å². The predicted molar refractivity (Wildman–Crippen MR) is 99.9 cm³/mol. The molecule has 0 rings (SSSR count). The Hall–Kier alpha value is -1.32. The van der Waals surface area contributed by atoms with E-state index in [4.69, 9.17) is 4.74 Å². The first kappa shape index (κ1) is 22.7. The van der Waals surface area contributed by atoms with E-state index in [1.807, 2.05) is 0 Å². The van der Waals surface area contributed by atoms with E-state index in [2.05, 4.69) is 24.4 Å². The maximum absolute atomic E-state index is 11.5. The summed E-state index contributed by atoms with van der Waals surface area (Å²) in [6, 6.07) is 0. The fourth-order valence-electron chi connectivity index (χ4n) is 2.46. The molecule has 0 aliphatic rings. The van der Waals surface area contributed by atoms with Gasteiger partial charge in [0.15, 0.2) is 0 Å². The smallest absolute Gasteiger partial charge is 0.325 e. The van der Waals surface area contributed by atoms with Crippen LogP contribution < -0.4 is 5.32 Å². The number of carbonyl (C=O) groups excluding carboxylic acids is 2. The number of allylic oxidation sites excluding steroid dienone is 2. The summed E-state index contributed by atoms with van der Waals surface area (Å²) in [5.41, 5.74) is 0. The number of hydrogen-bond acceptors (Lipinski definition) is 3. The number of hydrogen-bond donors (Lipinski definition) is 1. The maximum Gasteiger partial charge on any atom is 0.325 e. The topological polar surface area (TPSA) is 55.4 Å². The molecule has 0 aliphatic carbocycles. The molecule has 24 heavy (non-hydrogen) atoms. The van der Waals surface area contributed by atoms with Gasteiger partial charge in [-0.1, -0.05) is 64.0 Å². The summed E-state index contributed by atoms with van der Waals surface area (Å²) < 4.78 is 4.76. The quantitative estimate of drug-likeness (QED) is 0.247. The van der Waals surface area contributed by atoms with Crippen LogP contribution in [-0.4, -0.2) is 25.0 Å². The number of ether oxygens (including phenoxy) is 1. The molecule has 0 aliphatic heterocycles. The summed E-state index contributed by atoms with van der Waals surface area (Å²) >= 11 is 0. The van der Waals surface area contributed by atoms with Crippen LogP contribution in [0.1, 0.15) is 90.9 Å². The average molecular weight is 340 g/mol. The zero-order valence-electron chi connectivity index (χ0n) is 15.8. The number of esters is 1. The van der Waals surface area contributed by atoms with Gasteiger partial charge in [0.1, 0.15) is 6.54 Å². The molecular formula is C20H37NO3. The number of rotatable bonds is 16. The highest BCUT2D eigenvalue weighted by Crippen LogP contribution is 2.10. The zero-order valence-corrected chi connectivity index (χ0v) is 15.8. The molecule has 0 aromatic rings. The number of unbranched alkanes of at least 4 members (excludes halogenated alkanes) is 9. The van der Waals surface area contributed by atoms with Gasteiger partial charge in [0.2, 0.25) is 5.91 Å². The third-order valence-electron chi connectivity index (χ3n) is 3.90. The second-order valence-corrected chi connectivity index (χ2v) is 6.21. The van der Waals surface area contributed by atoms with E-state index in [9.17, 15) is 9.59 Å². The Kier molecular flexibility index (Phi) is 17.0. The Morgan fingerprint density at radius 3 is 2.04 bits per heavy atom. The lowest BCUT2D eigenvalue weighted by molar-refractivity contribution is -0.143. The first-order chi connectivity index (χ1) is 11.7. The Bertz CT molecular complexity index is 340. The molecule has 0 unspecified atom stereocenters. The van der Waals surface area contributed by atoms with Crippen molar-refractivity contribution >= 4 is 11.9 Å². The van der Waals surface area contributed by atoms with Crippen LogP contribution in [0.15, 0.2) is 12.2 Å². The third-order valence-corrected chi connectivity index (χ3v) is 3.90. The summed E-state index contributed by atoms with van der Waals surface area (Å²) in [7, 11) is 0. The normalized spacial score (nSPS) is 10.9. The van der Waals surface area contributed by atoms with Gasteiger partial charge in [0, 0.05) is 6.42 Å². The van der Waals surface area contributed by atoms with Gasteiger partial charge in [0.25, 0.3) is 0 Å². The molecule has 0 spiro atoms. The molecule has 0 atom stereocenters. The van der Waals surface area contributed by atoms with Gasteiger partial charge >= 0.3 is 5.97 Å². The van der Waals surface area contributed by atoms with Gasteiger partial charge in [-0.2, -0.15) is 0 Å². The van der Waals surface area contributed by atoms with Crippen molar-refractivity contribution in [2.24, 2.45) is 0 Å². The highest BCUT2D eigenvalue weighted by atomic mass is 16.5. The minimum absolute atomic E-state index is 0.0143. The molecule has 0 bridgehead atoms. The lowest BCUT2D eigenvalue weighted by Crippen LogP contribution is -2.30. The van der Waals surface area contributed by atoms with Gasteiger partial charge < -0.3 is 10.1 Å². The molecule has 1 amide bonds. The number of carbonyl (C=O) groups is 2. The van der Waals surface area contributed by atoms with Gasteiger partial charge in [-0.15, -0.1) is 0 Å². The van der Waals surface area contributed by atoms with Gasteiger partial charge in [-0.25, -0.2) is 0 Å². The van der Waals surface area contributed by atoms with Crippen LogP contribution in [-0.2, 0) is 14.3 Å². The molecular weight excluding hydrogens is 302 g/mol. The van der Waals surface area contributed by atoms with E-state index in [1.165, 1.54) is 57.8 Å². The van der Waals surface area contributed by atoms with Crippen LogP contribution >= 0.6 is 0 Å². The van der Waals surface area contributed by atoms with E-state index in [0.29, 0.717) is 13.0 Å². The Morgan fingerprint density at radius 1 is 0.833 bits per heavy atom. The van der Waals surface area contributed by atoms with Crippen LogP contribution in [0.5, 0.6) is 0 Å². The van der Waals surface area contributed by atoms with Crippen LogP contribution in [0, 0.1) is 0 Å². The molecule has 0 saturated heterocycles. The van der Waals surface area contributed by atoms with Crippen LogP contribution in [0.25, 0.3) is 0 Å². The predicted octanol–water partition coefficient (Wildman–Crippen LogP) is 4.92. The molecule has 140 valence electrons. The van der Waals surface area contributed by atoms with Crippen molar-refractivity contribution in [3.05, 3.63) is 12.2 Å². The van der Waals surface area contributed by atoms with E-state index in [1.54, 1.807) is 6.92 Å². The summed E-state index contributed by atoms with van der Waals surface area (Å²) in [6.07, 6.45) is 18.5. The second kappa shape index (κ2) is 18.0. The molecule has 0 radical (unpaired) electrons. The van der Waals surface area contributed by atoms with E-state index in [0.717, 1.165) is 12.8 Å². The summed E-state index contributed by atoms with van der Waals surface area (Å²) in [5, 5.41) is 2.59. The molecule has 0 fully saturated rings. The number of amides is 1. The van der Waals surface area contributed by atoms with Crippen molar-refractivity contribution in [2.45, 2.75) is 90.9 Å². The highest BCUT2D eigenvalue weighted by molar-refractivity contribution is 5.81. The standard InChI is InChI=1S/C20H37NO3/c1-3-5-6-7-8-9-10-11-12-13-14-15-16-17-19(22)21-18-20(23)24-4-2/h7-8H,3-6,9-18H2,1-2H3,(H,21,22)/b8-7-. The summed E-state index contributed by atoms with van der Waals surface area (Å²) in [4.78, 5) is 22.6. The molecule has 1 N–H and O–H groups in total. The molecule has 4 nitrogen and oxygen atoms in total. The number of nitrogens with one attached hydrogen (secondary N) is 1. The lowest BCUT2D eigenvalue weighted by atomic mass is 10.1. The minimum atomic E-state index is -0.369. The second-order valence-electron chi connectivity index (χ2n) is 6.21. The zero-order chi connectivity index (χ0) is 17.9. The van der Waals surface area contributed by atoms with Crippen LogP contribution in [0.3, 0.4) is 0 Å². The largest absolute Gasteiger partial charge is 0.465 e. The minimum Gasteiger partial charge on any atom is -0.465 e. The molecule has 0 aromatic heterocycles. The first-order valence-corrected chi connectivity index (χ1v) is 9.78. The van der Waals surface area contributed by atoms with Crippen molar-refractivity contribution in [1.29, 1.82) is 0 Å². The van der Waals surface area contributed by atoms with Crippen molar-refractivity contribution in [2.75, 3.05) is 13.2 Å². The Balaban J connectivity index is 3.26. The van der Waals surface area contributed by atoms with Crippen LogP contribution in [0.2, 0.25) is 0 Å². The van der Waals surface area contributed by atoms with Crippen molar-refractivity contribution < 1.29 is 14.3 Å². The lowest BCUT2D eigenvalue weighted by Gasteiger charge is -2.05. The monoisotopic (exact) mass is 339 g/mol. The summed E-state index contributed by atoms with van der Waals surface area (Å²) in [5.74, 6) is -0.427. The van der Waals surface area contributed by atoms with Gasteiger partial charge in [-0.3, -0.25) is 9.59 Å². The maximum atomic E-state index is 11.5. The SMILES string of the molecule is CCCC/C=C\CCCCCCCCCC(=O)NCC(=O)OCC. The van der Waals surface area contributed by atoms with Crippen molar-refractivity contribution in [3.63, 3.8) is 0 Å². The van der Waals surface area contributed by atoms with E-state index in [-0.39, 0.29) is 18.4 Å². The fourth-order valence-corrected chi connectivity index (χ4v) is 2.46. The molecule has 4 heteroatoms. The summed E-state index contributed by atoms with van der Waals surface area (Å²) in [6.45, 7) is 4.32. The highest BCUT2D eigenvalue weighted by Gasteiger charge is 2.05. The van der Waals surface area contributed by atoms with Crippen molar-refractivity contribution in [3.8, 4) is 0 Å². The van der Waals surface area contributed by atoms with E-state index < -0.39 is 0 Å². The Morgan fingerprint density at radius 2 is 1.42 bits per heavy atom. The Labute approximate surface area is 148 Å². The third kappa shape index (κ3) is 17.0. The first-order valence-electron chi connectivity index (χ1n) is 9.78. The average Bonchev–Trinajstić information content (AvgIpc) is 2.57. The van der Waals surface area contributed by atoms with Crippen molar-refractivity contribution in [1.82, 2.24) is 5.32 Å². The van der Waals surface area contributed by atoms with E-state index >= 15 is 0 Å². The fraction of sp³-hybridized carbons (Fsp3) is 0.800. The molecule has 0 heterocycles. The van der Waals surface area contributed by atoms with Gasteiger partial charge in [-0.05, 0) is 32.6 Å². The van der Waals surface area contributed by atoms with Crippen LogP contribution in [0.4, 0.5) is 0 Å². The molecule has 0 aromatic carbocycles. The molecule has 0 saturated carbocycles.